The zero-order valence-electron chi connectivity index (χ0n) is 9.13. The molecule has 0 radical (unpaired) electrons. The summed E-state index contributed by atoms with van der Waals surface area (Å²) in [6, 6.07) is 3.62. The molecule has 2 rings (SSSR count). The van der Waals surface area contributed by atoms with Gasteiger partial charge in [-0.15, -0.1) is 0 Å². The van der Waals surface area contributed by atoms with E-state index in [0.29, 0.717) is 17.9 Å². The molecule has 3 heteroatoms. The second kappa shape index (κ2) is 4.91. The van der Waals surface area contributed by atoms with E-state index >= 15 is 0 Å². The van der Waals surface area contributed by atoms with E-state index in [4.69, 9.17) is 0 Å². The SMILES string of the molecule is OC(CC1CCCC1)c1ccc(F)c(F)c1. The van der Waals surface area contributed by atoms with Gasteiger partial charge in [0.1, 0.15) is 0 Å². The maximum atomic E-state index is 13.0. The van der Waals surface area contributed by atoms with Crippen LogP contribution >= 0.6 is 0 Å². The lowest BCUT2D eigenvalue weighted by atomic mass is 9.96. The van der Waals surface area contributed by atoms with Crippen molar-refractivity contribution >= 4 is 0 Å². The summed E-state index contributed by atoms with van der Waals surface area (Å²) in [6.45, 7) is 0. The van der Waals surface area contributed by atoms with Crippen molar-refractivity contribution in [3.63, 3.8) is 0 Å². The third-order valence-corrected chi connectivity index (χ3v) is 3.36. The highest BCUT2D eigenvalue weighted by molar-refractivity contribution is 5.20. The normalized spacial score (nSPS) is 18.9. The van der Waals surface area contributed by atoms with E-state index in [1.165, 1.54) is 18.9 Å². The van der Waals surface area contributed by atoms with Gasteiger partial charge < -0.3 is 5.11 Å². The van der Waals surface area contributed by atoms with E-state index in [9.17, 15) is 13.9 Å². The van der Waals surface area contributed by atoms with Crippen molar-refractivity contribution in [2.75, 3.05) is 0 Å². The van der Waals surface area contributed by atoms with E-state index in [1.807, 2.05) is 0 Å². The molecule has 1 N–H and O–H groups in total. The first-order valence-corrected chi connectivity index (χ1v) is 5.80. The summed E-state index contributed by atoms with van der Waals surface area (Å²) in [5.41, 5.74) is 0.478. The minimum Gasteiger partial charge on any atom is -0.388 e. The van der Waals surface area contributed by atoms with Crippen LogP contribution in [0.3, 0.4) is 0 Å². The van der Waals surface area contributed by atoms with Crippen molar-refractivity contribution in [3.05, 3.63) is 35.4 Å². The second-order valence-electron chi connectivity index (χ2n) is 4.58. The van der Waals surface area contributed by atoms with Gasteiger partial charge in [-0.05, 0) is 30.0 Å². The molecule has 1 fully saturated rings. The highest BCUT2D eigenvalue weighted by atomic mass is 19.2. The van der Waals surface area contributed by atoms with Crippen LogP contribution in [0.4, 0.5) is 8.78 Å². The van der Waals surface area contributed by atoms with Gasteiger partial charge in [0.25, 0.3) is 0 Å². The summed E-state index contributed by atoms with van der Waals surface area (Å²) in [4.78, 5) is 0. The van der Waals surface area contributed by atoms with E-state index in [0.717, 1.165) is 25.0 Å². The van der Waals surface area contributed by atoms with Gasteiger partial charge >= 0.3 is 0 Å². The highest BCUT2D eigenvalue weighted by Crippen LogP contribution is 2.33. The van der Waals surface area contributed by atoms with Crippen LogP contribution in [0.5, 0.6) is 0 Å². The molecule has 0 aliphatic heterocycles. The summed E-state index contributed by atoms with van der Waals surface area (Å²) in [7, 11) is 0. The first-order chi connectivity index (χ1) is 7.66. The van der Waals surface area contributed by atoms with E-state index in [1.54, 1.807) is 0 Å². The van der Waals surface area contributed by atoms with Crippen LogP contribution in [0.25, 0.3) is 0 Å². The second-order valence-corrected chi connectivity index (χ2v) is 4.58. The Morgan fingerprint density at radius 1 is 1.19 bits per heavy atom. The number of aliphatic hydroxyl groups is 1. The molecule has 0 amide bonds. The standard InChI is InChI=1S/C13H16F2O/c14-11-6-5-10(8-12(11)15)13(16)7-9-3-1-2-4-9/h5-6,8-9,13,16H,1-4,7H2. The van der Waals surface area contributed by atoms with Crippen LogP contribution in [0.2, 0.25) is 0 Å². The predicted octanol–water partition coefficient (Wildman–Crippen LogP) is 3.58. The number of halogens is 2. The van der Waals surface area contributed by atoms with E-state index < -0.39 is 17.7 Å². The maximum absolute atomic E-state index is 13.0. The average Bonchev–Trinajstić information content (AvgIpc) is 2.74. The molecule has 1 atom stereocenters. The third kappa shape index (κ3) is 2.59. The van der Waals surface area contributed by atoms with Gasteiger partial charge in [-0.3, -0.25) is 0 Å². The summed E-state index contributed by atoms with van der Waals surface area (Å²) in [5, 5.41) is 9.91. The van der Waals surface area contributed by atoms with Gasteiger partial charge in [0.15, 0.2) is 11.6 Å². The van der Waals surface area contributed by atoms with Gasteiger partial charge in [-0.1, -0.05) is 31.7 Å². The molecule has 1 aromatic rings. The van der Waals surface area contributed by atoms with E-state index in [-0.39, 0.29) is 0 Å². The molecule has 1 aromatic carbocycles. The minimum atomic E-state index is -0.886. The Morgan fingerprint density at radius 3 is 2.50 bits per heavy atom. The third-order valence-electron chi connectivity index (χ3n) is 3.36. The predicted molar refractivity (Wildman–Crippen MR) is 57.9 cm³/mol. The van der Waals surface area contributed by atoms with Gasteiger partial charge in [0.2, 0.25) is 0 Å². The molecule has 0 heterocycles. The summed E-state index contributed by atoms with van der Waals surface area (Å²) in [5.74, 6) is -1.22. The number of rotatable bonds is 3. The van der Waals surface area contributed by atoms with Crippen molar-refractivity contribution in [2.24, 2.45) is 5.92 Å². The van der Waals surface area contributed by atoms with Crippen LogP contribution in [-0.4, -0.2) is 5.11 Å². The quantitative estimate of drug-likeness (QED) is 0.835. The van der Waals surface area contributed by atoms with Crippen LogP contribution < -0.4 is 0 Å². The Kier molecular flexibility index (Phi) is 3.54. The first-order valence-electron chi connectivity index (χ1n) is 5.80. The van der Waals surface area contributed by atoms with Gasteiger partial charge in [0.05, 0.1) is 6.10 Å². The topological polar surface area (TPSA) is 20.2 Å². The Labute approximate surface area is 94.1 Å². The first kappa shape index (κ1) is 11.5. The van der Waals surface area contributed by atoms with Crippen molar-refractivity contribution in [1.29, 1.82) is 0 Å². The Bertz CT molecular complexity index is 359. The van der Waals surface area contributed by atoms with Crippen molar-refractivity contribution in [2.45, 2.75) is 38.2 Å². The van der Waals surface area contributed by atoms with Crippen molar-refractivity contribution in [3.8, 4) is 0 Å². The molecule has 0 spiro atoms. The Morgan fingerprint density at radius 2 is 1.88 bits per heavy atom. The molecule has 1 aliphatic rings. The molecule has 1 unspecified atom stereocenters. The van der Waals surface area contributed by atoms with Gasteiger partial charge in [0, 0.05) is 0 Å². The Hall–Kier alpha value is -0.960. The summed E-state index contributed by atoms with van der Waals surface area (Å²) < 4.78 is 25.7. The number of aliphatic hydroxyl groups excluding tert-OH is 1. The van der Waals surface area contributed by atoms with Crippen molar-refractivity contribution < 1.29 is 13.9 Å². The zero-order valence-corrected chi connectivity index (χ0v) is 9.13. The Balaban J connectivity index is 2.02. The summed E-state index contributed by atoms with van der Waals surface area (Å²) in [6.07, 6.45) is 4.70. The molecular weight excluding hydrogens is 210 g/mol. The average molecular weight is 226 g/mol. The van der Waals surface area contributed by atoms with Gasteiger partial charge in [-0.2, -0.15) is 0 Å². The van der Waals surface area contributed by atoms with Crippen LogP contribution in [0, 0.1) is 17.6 Å². The monoisotopic (exact) mass is 226 g/mol. The zero-order chi connectivity index (χ0) is 11.5. The molecule has 16 heavy (non-hydrogen) atoms. The molecular formula is C13H16F2O. The molecule has 1 saturated carbocycles. The maximum Gasteiger partial charge on any atom is 0.159 e. The van der Waals surface area contributed by atoms with Crippen LogP contribution in [0.1, 0.15) is 43.8 Å². The molecule has 88 valence electrons. The summed E-state index contributed by atoms with van der Waals surface area (Å²) >= 11 is 0. The largest absolute Gasteiger partial charge is 0.388 e. The molecule has 1 nitrogen and oxygen atoms in total. The van der Waals surface area contributed by atoms with Crippen molar-refractivity contribution in [1.82, 2.24) is 0 Å². The number of benzene rings is 1. The number of hydrogen-bond acceptors (Lipinski definition) is 1. The fourth-order valence-corrected chi connectivity index (χ4v) is 2.42. The lowest BCUT2D eigenvalue weighted by molar-refractivity contribution is 0.144. The molecule has 1 aliphatic carbocycles. The fourth-order valence-electron chi connectivity index (χ4n) is 2.42. The molecule has 0 saturated heterocycles. The molecule has 0 bridgehead atoms. The highest BCUT2D eigenvalue weighted by Gasteiger charge is 2.20. The van der Waals surface area contributed by atoms with Gasteiger partial charge in [-0.25, -0.2) is 8.78 Å². The van der Waals surface area contributed by atoms with Crippen LogP contribution in [0.15, 0.2) is 18.2 Å². The lowest BCUT2D eigenvalue weighted by Crippen LogP contribution is -2.05. The minimum absolute atomic E-state index is 0.478. The van der Waals surface area contributed by atoms with Crippen LogP contribution in [-0.2, 0) is 0 Å². The number of hydrogen-bond donors (Lipinski definition) is 1. The lowest BCUT2D eigenvalue weighted by Gasteiger charge is -2.15. The molecule has 0 aromatic heterocycles. The fraction of sp³-hybridized carbons (Fsp3) is 0.538. The van der Waals surface area contributed by atoms with E-state index in [2.05, 4.69) is 0 Å². The smallest absolute Gasteiger partial charge is 0.159 e.